The molecule has 8 heteroatoms. The fourth-order valence-electron chi connectivity index (χ4n) is 2.74. The predicted molar refractivity (Wildman–Crippen MR) is 91.0 cm³/mol. The van der Waals surface area contributed by atoms with Gasteiger partial charge in [0.15, 0.2) is 5.82 Å². The van der Waals surface area contributed by atoms with Crippen molar-refractivity contribution in [3.8, 4) is 0 Å². The molecule has 3 heterocycles. The Balaban J connectivity index is 1.44. The van der Waals surface area contributed by atoms with Crippen molar-refractivity contribution in [2.75, 3.05) is 5.32 Å². The Kier molecular flexibility index (Phi) is 3.66. The minimum Gasteiger partial charge on any atom is -0.331 e. The SMILES string of the molecule is O=C(NCc1nnc2n1CCC2)Nc1sc2ccccc2c1Cl. The molecule has 1 aliphatic heterocycles. The highest BCUT2D eigenvalue weighted by atomic mass is 35.5. The molecule has 4 rings (SSSR count). The maximum Gasteiger partial charge on any atom is 0.320 e. The van der Waals surface area contributed by atoms with Crippen LogP contribution in [0.4, 0.5) is 9.80 Å². The van der Waals surface area contributed by atoms with Gasteiger partial charge in [0, 0.05) is 23.1 Å². The molecule has 0 spiro atoms. The molecule has 0 saturated carbocycles. The van der Waals surface area contributed by atoms with E-state index in [0.717, 1.165) is 41.1 Å². The number of anilines is 1. The molecule has 3 aromatic rings. The molecule has 0 bridgehead atoms. The lowest BCUT2D eigenvalue weighted by atomic mass is 10.3. The minimum absolute atomic E-state index is 0.297. The number of aryl methyl sites for hydroxylation is 1. The highest BCUT2D eigenvalue weighted by molar-refractivity contribution is 7.23. The first-order valence-corrected chi connectivity index (χ1v) is 8.54. The number of carbonyl (C=O) groups excluding carboxylic acids is 1. The highest BCUT2D eigenvalue weighted by Crippen LogP contribution is 2.39. The van der Waals surface area contributed by atoms with Gasteiger partial charge in [0.2, 0.25) is 0 Å². The van der Waals surface area contributed by atoms with E-state index in [1.165, 1.54) is 11.3 Å². The average Bonchev–Trinajstić information content (AvgIpc) is 3.22. The van der Waals surface area contributed by atoms with Crippen LogP contribution in [0.25, 0.3) is 10.1 Å². The third kappa shape index (κ3) is 2.66. The molecule has 0 aliphatic carbocycles. The molecule has 0 fully saturated rings. The van der Waals surface area contributed by atoms with E-state index >= 15 is 0 Å². The number of nitrogens with zero attached hydrogens (tertiary/aromatic N) is 3. The van der Waals surface area contributed by atoms with E-state index in [-0.39, 0.29) is 6.03 Å². The van der Waals surface area contributed by atoms with Crippen molar-refractivity contribution in [2.45, 2.75) is 25.9 Å². The van der Waals surface area contributed by atoms with Crippen molar-refractivity contribution < 1.29 is 4.79 Å². The summed E-state index contributed by atoms with van der Waals surface area (Å²) in [6, 6.07) is 7.50. The van der Waals surface area contributed by atoms with Crippen LogP contribution in [0.1, 0.15) is 18.1 Å². The number of rotatable bonds is 3. The van der Waals surface area contributed by atoms with Gasteiger partial charge in [-0.1, -0.05) is 29.8 Å². The van der Waals surface area contributed by atoms with Crippen LogP contribution in [0.15, 0.2) is 24.3 Å². The van der Waals surface area contributed by atoms with Gasteiger partial charge in [-0.3, -0.25) is 5.32 Å². The van der Waals surface area contributed by atoms with E-state index in [4.69, 9.17) is 11.6 Å². The van der Waals surface area contributed by atoms with Crippen molar-refractivity contribution in [1.29, 1.82) is 0 Å². The second kappa shape index (κ2) is 5.82. The third-order valence-corrected chi connectivity index (χ3v) is 5.45. The standard InChI is InChI=1S/C15H14ClN5OS/c16-13-9-4-1-2-5-10(9)23-14(13)18-15(22)17-8-12-20-19-11-6-3-7-21(11)12/h1-2,4-5H,3,6-8H2,(H2,17,18,22). The summed E-state index contributed by atoms with van der Waals surface area (Å²) in [6.07, 6.45) is 2.04. The predicted octanol–water partition coefficient (Wildman–Crippen LogP) is 3.41. The zero-order valence-corrected chi connectivity index (χ0v) is 13.7. The van der Waals surface area contributed by atoms with E-state index in [1.807, 2.05) is 24.3 Å². The minimum atomic E-state index is -0.297. The molecule has 2 aromatic heterocycles. The number of benzene rings is 1. The van der Waals surface area contributed by atoms with Gasteiger partial charge in [0.05, 0.1) is 11.6 Å². The summed E-state index contributed by atoms with van der Waals surface area (Å²) < 4.78 is 3.11. The molecule has 6 nitrogen and oxygen atoms in total. The summed E-state index contributed by atoms with van der Waals surface area (Å²) in [5.41, 5.74) is 0. The topological polar surface area (TPSA) is 71.8 Å². The number of carbonyl (C=O) groups is 1. The Labute approximate surface area is 141 Å². The van der Waals surface area contributed by atoms with Crippen LogP contribution in [-0.4, -0.2) is 20.8 Å². The number of nitrogens with one attached hydrogen (secondary N) is 2. The first-order valence-electron chi connectivity index (χ1n) is 7.35. The second-order valence-electron chi connectivity index (χ2n) is 5.34. The van der Waals surface area contributed by atoms with Gasteiger partial charge < -0.3 is 9.88 Å². The lowest BCUT2D eigenvalue weighted by Gasteiger charge is -2.06. The lowest BCUT2D eigenvalue weighted by molar-refractivity contribution is 0.251. The molecule has 1 aliphatic rings. The van der Waals surface area contributed by atoms with Gasteiger partial charge in [-0.25, -0.2) is 4.79 Å². The Morgan fingerprint density at radius 1 is 1.35 bits per heavy atom. The summed E-state index contributed by atoms with van der Waals surface area (Å²) in [7, 11) is 0. The molecule has 0 atom stereocenters. The zero-order chi connectivity index (χ0) is 15.8. The zero-order valence-electron chi connectivity index (χ0n) is 12.2. The number of fused-ring (bicyclic) bond motifs is 2. The van der Waals surface area contributed by atoms with Gasteiger partial charge in [-0.2, -0.15) is 0 Å². The number of amides is 2. The number of halogens is 1. The summed E-state index contributed by atoms with van der Waals surface area (Å²) in [5, 5.41) is 16.0. The summed E-state index contributed by atoms with van der Waals surface area (Å²) in [5.74, 6) is 1.78. The lowest BCUT2D eigenvalue weighted by Crippen LogP contribution is -2.29. The van der Waals surface area contributed by atoms with E-state index in [2.05, 4.69) is 25.4 Å². The number of thiophene rings is 1. The molecule has 1 aromatic carbocycles. The Morgan fingerprint density at radius 3 is 3.09 bits per heavy atom. The molecular formula is C15H14ClN5OS. The Hall–Kier alpha value is -2.12. The number of urea groups is 1. The van der Waals surface area contributed by atoms with Crippen LogP contribution < -0.4 is 10.6 Å². The molecule has 2 amide bonds. The molecule has 118 valence electrons. The first-order chi connectivity index (χ1) is 11.2. The van der Waals surface area contributed by atoms with Gasteiger partial charge >= 0.3 is 6.03 Å². The van der Waals surface area contributed by atoms with Gasteiger partial charge in [0.25, 0.3) is 0 Å². The normalized spacial score (nSPS) is 13.3. The van der Waals surface area contributed by atoms with Crippen molar-refractivity contribution in [1.82, 2.24) is 20.1 Å². The van der Waals surface area contributed by atoms with Gasteiger partial charge in [0.1, 0.15) is 10.8 Å². The number of aromatic nitrogens is 3. The van der Waals surface area contributed by atoms with Crippen molar-refractivity contribution in [3.63, 3.8) is 0 Å². The summed E-state index contributed by atoms with van der Waals surface area (Å²) >= 11 is 7.78. The summed E-state index contributed by atoms with van der Waals surface area (Å²) in [6.45, 7) is 1.27. The Morgan fingerprint density at radius 2 is 2.22 bits per heavy atom. The molecule has 2 N–H and O–H groups in total. The van der Waals surface area contributed by atoms with Crippen LogP contribution >= 0.6 is 22.9 Å². The molecule has 23 heavy (non-hydrogen) atoms. The highest BCUT2D eigenvalue weighted by Gasteiger charge is 2.18. The molecule has 0 unspecified atom stereocenters. The van der Waals surface area contributed by atoms with Crippen LogP contribution in [-0.2, 0) is 19.5 Å². The Bertz CT molecular complexity index is 887. The van der Waals surface area contributed by atoms with Crippen LogP contribution in [0.2, 0.25) is 5.02 Å². The van der Waals surface area contributed by atoms with Crippen LogP contribution in [0.3, 0.4) is 0 Å². The molecule has 0 saturated heterocycles. The van der Waals surface area contributed by atoms with E-state index in [0.29, 0.717) is 16.6 Å². The van der Waals surface area contributed by atoms with E-state index < -0.39 is 0 Å². The van der Waals surface area contributed by atoms with Crippen molar-refractivity contribution in [2.24, 2.45) is 0 Å². The smallest absolute Gasteiger partial charge is 0.320 e. The van der Waals surface area contributed by atoms with E-state index in [1.54, 1.807) is 0 Å². The monoisotopic (exact) mass is 347 g/mol. The van der Waals surface area contributed by atoms with Crippen molar-refractivity contribution in [3.05, 3.63) is 40.9 Å². The maximum absolute atomic E-state index is 12.1. The molecule has 0 radical (unpaired) electrons. The fraction of sp³-hybridized carbons (Fsp3) is 0.267. The largest absolute Gasteiger partial charge is 0.331 e. The average molecular weight is 348 g/mol. The number of hydrogen-bond acceptors (Lipinski definition) is 4. The van der Waals surface area contributed by atoms with Crippen molar-refractivity contribution >= 4 is 44.1 Å². The first kappa shape index (κ1) is 14.5. The number of hydrogen-bond donors (Lipinski definition) is 2. The van der Waals surface area contributed by atoms with E-state index in [9.17, 15) is 4.79 Å². The van der Waals surface area contributed by atoms with Crippen LogP contribution in [0, 0.1) is 0 Å². The fourth-order valence-corrected chi connectivity index (χ4v) is 4.12. The maximum atomic E-state index is 12.1. The molecular weight excluding hydrogens is 334 g/mol. The van der Waals surface area contributed by atoms with Crippen LogP contribution in [0.5, 0.6) is 0 Å². The third-order valence-electron chi connectivity index (χ3n) is 3.86. The van der Waals surface area contributed by atoms with Gasteiger partial charge in [-0.15, -0.1) is 21.5 Å². The quantitative estimate of drug-likeness (QED) is 0.762. The summed E-state index contributed by atoms with van der Waals surface area (Å²) in [4.78, 5) is 12.1. The second-order valence-corrected chi connectivity index (χ2v) is 6.77. The van der Waals surface area contributed by atoms with Gasteiger partial charge in [-0.05, 0) is 12.5 Å².